The lowest BCUT2D eigenvalue weighted by Crippen LogP contribution is -2.29. The number of imidazole rings is 1. The minimum Gasteiger partial charge on any atom is -0.457 e. The Kier molecular flexibility index (Phi) is 7.13. The maximum Gasteiger partial charge on any atom is 0.270 e. The first-order valence-electron chi connectivity index (χ1n) is 12.5. The van der Waals surface area contributed by atoms with Gasteiger partial charge in [0.1, 0.15) is 17.2 Å². The Labute approximate surface area is 211 Å². The second-order valence-corrected chi connectivity index (χ2v) is 9.27. The van der Waals surface area contributed by atoms with E-state index >= 15 is 0 Å². The number of aromatic nitrogens is 3. The number of benzene rings is 2. The summed E-state index contributed by atoms with van der Waals surface area (Å²) in [5.41, 5.74) is 4.34. The van der Waals surface area contributed by atoms with Crippen LogP contribution in [0.25, 0.3) is 11.0 Å². The van der Waals surface area contributed by atoms with Crippen LogP contribution in [0.15, 0.2) is 60.8 Å². The topological polar surface area (TPSA) is 84.3 Å². The summed E-state index contributed by atoms with van der Waals surface area (Å²) >= 11 is 0. The monoisotopic (exact) mass is 484 g/mol. The Balaban J connectivity index is 1.22. The lowest BCUT2D eigenvalue weighted by atomic mass is 10.2. The first-order chi connectivity index (χ1) is 17.5. The molecule has 0 saturated carbocycles. The van der Waals surface area contributed by atoms with Gasteiger partial charge in [-0.2, -0.15) is 0 Å². The van der Waals surface area contributed by atoms with Crippen LogP contribution < -0.4 is 15.4 Å². The van der Waals surface area contributed by atoms with Gasteiger partial charge in [0, 0.05) is 37.6 Å². The highest BCUT2D eigenvalue weighted by atomic mass is 16.5. The Bertz CT molecular complexity index is 1340. The van der Waals surface area contributed by atoms with Crippen LogP contribution >= 0.6 is 0 Å². The summed E-state index contributed by atoms with van der Waals surface area (Å²) in [6, 6.07) is 17.4. The first kappa shape index (κ1) is 23.8. The molecule has 0 radical (unpaired) electrons. The number of nitrogens with one attached hydrogen (secondary N) is 2. The number of fused-ring (bicyclic) bond motifs is 1. The molecular weight excluding hydrogens is 452 g/mol. The van der Waals surface area contributed by atoms with Crippen molar-refractivity contribution in [2.45, 2.75) is 26.2 Å². The number of amides is 1. The van der Waals surface area contributed by atoms with Crippen molar-refractivity contribution >= 4 is 28.6 Å². The summed E-state index contributed by atoms with van der Waals surface area (Å²) in [4.78, 5) is 24.0. The molecule has 4 aromatic rings. The lowest BCUT2D eigenvalue weighted by Gasteiger charge is -2.14. The van der Waals surface area contributed by atoms with Crippen LogP contribution in [0.5, 0.6) is 11.5 Å². The minimum absolute atomic E-state index is 0.186. The van der Waals surface area contributed by atoms with E-state index in [-0.39, 0.29) is 5.91 Å². The molecule has 5 rings (SSSR count). The lowest BCUT2D eigenvalue weighted by molar-refractivity contribution is 0.0946. The Hall–Kier alpha value is -3.91. The van der Waals surface area contributed by atoms with E-state index in [0.717, 1.165) is 35.6 Å². The SMILES string of the molecule is Cc1ccc(Nc2nc3cc(Oc4ccnc(C(=O)NCCCN5CCCC5)c4)ccc3n2C)cc1. The van der Waals surface area contributed by atoms with Gasteiger partial charge < -0.3 is 24.8 Å². The van der Waals surface area contributed by atoms with Crippen molar-refractivity contribution in [3.63, 3.8) is 0 Å². The van der Waals surface area contributed by atoms with E-state index in [4.69, 9.17) is 9.72 Å². The van der Waals surface area contributed by atoms with E-state index in [1.165, 1.54) is 31.5 Å². The highest BCUT2D eigenvalue weighted by molar-refractivity contribution is 5.92. The molecule has 36 heavy (non-hydrogen) atoms. The number of nitrogens with zero attached hydrogens (tertiary/aromatic N) is 4. The van der Waals surface area contributed by atoms with Crippen LogP contribution in [-0.2, 0) is 7.05 Å². The van der Waals surface area contributed by atoms with E-state index < -0.39 is 0 Å². The molecule has 1 fully saturated rings. The molecule has 1 saturated heterocycles. The van der Waals surface area contributed by atoms with Gasteiger partial charge >= 0.3 is 0 Å². The van der Waals surface area contributed by atoms with Gasteiger partial charge in [-0.25, -0.2) is 4.98 Å². The molecule has 1 amide bonds. The van der Waals surface area contributed by atoms with Crippen molar-refractivity contribution in [1.29, 1.82) is 0 Å². The molecule has 186 valence electrons. The van der Waals surface area contributed by atoms with Crippen LogP contribution in [-0.4, -0.2) is 51.5 Å². The number of aryl methyl sites for hydroxylation is 2. The largest absolute Gasteiger partial charge is 0.457 e. The Morgan fingerprint density at radius 2 is 1.81 bits per heavy atom. The fourth-order valence-corrected chi connectivity index (χ4v) is 4.46. The van der Waals surface area contributed by atoms with E-state index in [0.29, 0.717) is 23.7 Å². The van der Waals surface area contributed by atoms with Crippen LogP contribution in [0.4, 0.5) is 11.6 Å². The normalized spacial score (nSPS) is 13.7. The van der Waals surface area contributed by atoms with Crippen molar-refractivity contribution in [2.75, 3.05) is 31.5 Å². The van der Waals surface area contributed by atoms with Crippen LogP contribution in [0.2, 0.25) is 0 Å². The average molecular weight is 485 g/mol. The summed E-state index contributed by atoms with van der Waals surface area (Å²) in [6.07, 6.45) is 5.09. The summed E-state index contributed by atoms with van der Waals surface area (Å²) in [5, 5.41) is 6.34. The molecule has 8 nitrogen and oxygen atoms in total. The van der Waals surface area contributed by atoms with Crippen molar-refractivity contribution in [3.8, 4) is 11.5 Å². The van der Waals surface area contributed by atoms with E-state index in [1.807, 2.05) is 41.9 Å². The van der Waals surface area contributed by atoms with Crippen molar-refractivity contribution < 1.29 is 9.53 Å². The smallest absolute Gasteiger partial charge is 0.270 e. The highest BCUT2D eigenvalue weighted by Gasteiger charge is 2.13. The quantitative estimate of drug-likeness (QED) is 0.324. The molecule has 1 aliphatic rings. The zero-order chi connectivity index (χ0) is 24.9. The van der Waals surface area contributed by atoms with E-state index in [2.05, 4.69) is 39.6 Å². The maximum atomic E-state index is 12.6. The molecule has 0 spiro atoms. The predicted octanol–water partition coefficient (Wildman–Crippen LogP) is 5.03. The molecule has 2 aromatic carbocycles. The van der Waals surface area contributed by atoms with Crippen molar-refractivity contribution in [2.24, 2.45) is 7.05 Å². The number of ether oxygens (including phenoxy) is 1. The molecule has 0 atom stereocenters. The first-order valence-corrected chi connectivity index (χ1v) is 12.5. The van der Waals surface area contributed by atoms with Crippen molar-refractivity contribution in [3.05, 3.63) is 72.1 Å². The third-order valence-corrected chi connectivity index (χ3v) is 6.50. The molecule has 0 bridgehead atoms. The molecule has 3 heterocycles. The number of carbonyl (C=O) groups excluding carboxylic acids is 1. The molecule has 2 aromatic heterocycles. The molecular formula is C28H32N6O2. The minimum atomic E-state index is -0.186. The van der Waals surface area contributed by atoms with Gasteiger partial charge in [0.25, 0.3) is 5.91 Å². The number of carbonyl (C=O) groups is 1. The van der Waals surface area contributed by atoms with Crippen LogP contribution in [0, 0.1) is 6.92 Å². The number of hydrogen-bond donors (Lipinski definition) is 2. The molecule has 2 N–H and O–H groups in total. The molecule has 8 heteroatoms. The molecule has 0 unspecified atom stereocenters. The summed E-state index contributed by atoms with van der Waals surface area (Å²) in [5.74, 6) is 1.76. The number of hydrogen-bond acceptors (Lipinski definition) is 6. The highest BCUT2D eigenvalue weighted by Crippen LogP contribution is 2.28. The Morgan fingerprint density at radius 1 is 1.03 bits per heavy atom. The maximum absolute atomic E-state index is 12.6. The third kappa shape index (κ3) is 5.66. The standard InChI is InChI=1S/C28H32N6O2/c1-20-6-8-21(9-7-20)31-28-32-24-18-22(10-11-26(24)33(28)2)36-23-12-14-29-25(19-23)27(35)30-13-5-17-34-15-3-4-16-34/h6-12,14,18-19H,3-5,13,15-17H2,1-2H3,(H,30,35)(H,31,32). The van der Waals surface area contributed by atoms with Gasteiger partial charge in [-0.1, -0.05) is 17.7 Å². The molecule has 0 aliphatic carbocycles. The van der Waals surface area contributed by atoms with Crippen LogP contribution in [0.3, 0.4) is 0 Å². The van der Waals surface area contributed by atoms with Gasteiger partial charge in [-0.15, -0.1) is 0 Å². The Morgan fingerprint density at radius 3 is 2.61 bits per heavy atom. The second kappa shape index (κ2) is 10.8. The van der Waals surface area contributed by atoms with Gasteiger partial charge in [0.2, 0.25) is 5.95 Å². The summed E-state index contributed by atoms with van der Waals surface area (Å²) < 4.78 is 8.07. The number of rotatable bonds is 9. The van der Waals surface area contributed by atoms with E-state index in [9.17, 15) is 4.79 Å². The zero-order valence-electron chi connectivity index (χ0n) is 20.8. The predicted molar refractivity (Wildman–Crippen MR) is 142 cm³/mol. The van der Waals surface area contributed by atoms with Gasteiger partial charge in [-0.3, -0.25) is 9.78 Å². The number of pyridine rings is 1. The van der Waals surface area contributed by atoms with Gasteiger partial charge in [0.05, 0.1) is 11.0 Å². The van der Waals surface area contributed by atoms with Crippen LogP contribution in [0.1, 0.15) is 35.3 Å². The zero-order valence-corrected chi connectivity index (χ0v) is 20.8. The fourth-order valence-electron chi connectivity index (χ4n) is 4.46. The van der Waals surface area contributed by atoms with Gasteiger partial charge in [0.15, 0.2) is 0 Å². The van der Waals surface area contributed by atoms with E-state index in [1.54, 1.807) is 18.3 Å². The average Bonchev–Trinajstić information content (AvgIpc) is 3.51. The van der Waals surface area contributed by atoms with Gasteiger partial charge in [-0.05, 0) is 76.2 Å². The summed E-state index contributed by atoms with van der Waals surface area (Å²) in [6.45, 7) is 6.06. The molecule has 1 aliphatic heterocycles. The number of anilines is 2. The van der Waals surface area contributed by atoms with Crippen molar-refractivity contribution in [1.82, 2.24) is 24.8 Å². The summed E-state index contributed by atoms with van der Waals surface area (Å²) in [7, 11) is 1.98. The number of likely N-dealkylation sites (tertiary alicyclic amines) is 1. The second-order valence-electron chi connectivity index (χ2n) is 9.27. The third-order valence-electron chi connectivity index (χ3n) is 6.50. The fraction of sp³-hybridized carbons (Fsp3) is 0.321.